The van der Waals surface area contributed by atoms with Gasteiger partial charge in [-0.05, 0) is 32.6 Å². The maximum atomic E-state index is 3.56. The first kappa shape index (κ1) is 9.47. The zero-order valence-electron chi connectivity index (χ0n) is 9.14. The van der Waals surface area contributed by atoms with Gasteiger partial charge in [-0.25, -0.2) is 0 Å². The summed E-state index contributed by atoms with van der Waals surface area (Å²) in [5.74, 6) is 0.939. The number of rotatable bonds is 1. The molecule has 2 nitrogen and oxygen atoms in total. The normalized spacial score (nSPS) is 39.9. The molecule has 0 aromatic rings. The zero-order chi connectivity index (χ0) is 9.47. The van der Waals surface area contributed by atoms with Crippen molar-refractivity contribution >= 4 is 0 Å². The van der Waals surface area contributed by atoms with Crippen LogP contribution in [0.5, 0.6) is 0 Å². The van der Waals surface area contributed by atoms with E-state index in [0.29, 0.717) is 5.54 Å². The molecule has 0 radical (unpaired) electrons. The Kier molecular flexibility index (Phi) is 2.37. The van der Waals surface area contributed by atoms with Crippen molar-refractivity contribution in [2.75, 3.05) is 19.6 Å². The first-order valence-corrected chi connectivity index (χ1v) is 5.57. The number of nitrogens with one attached hydrogen (secondary N) is 1. The Morgan fingerprint density at radius 2 is 2.08 bits per heavy atom. The molecule has 1 heterocycles. The van der Waals surface area contributed by atoms with Crippen molar-refractivity contribution in [2.45, 2.75) is 45.2 Å². The number of piperazine rings is 1. The SMILES string of the molecule is CC1CCC1N1CCNC(C)(C)C1. The third kappa shape index (κ3) is 1.89. The molecule has 1 saturated heterocycles. The van der Waals surface area contributed by atoms with E-state index in [1.807, 2.05) is 0 Å². The first-order chi connectivity index (χ1) is 6.08. The second kappa shape index (κ2) is 3.25. The molecule has 2 fully saturated rings. The van der Waals surface area contributed by atoms with Crippen LogP contribution in [-0.2, 0) is 0 Å². The largest absolute Gasteiger partial charge is 0.309 e. The lowest BCUT2D eigenvalue weighted by molar-refractivity contribution is 0.0303. The van der Waals surface area contributed by atoms with Crippen molar-refractivity contribution in [1.29, 1.82) is 0 Å². The summed E-state index contributed by atoms with van der Waals surface area (Å²) < 4.78 is 0. The van der Waals surface area contributed by atoms with Crippen LogP contribution in [-0.4, -0.2) is 36.1 Å². The van der Waals surface area contributed by atoms with E-state index in [4.69, 9.17) is 0 Å². The van der Waals surface area contributed by atoms with Gasteiger partial charge in [0.15, 0.2) is 0 Å². The Bertz CT molecular complexity index is 189. The molecule has 0 aromatic heterocycles. The smallest absolute Gasteiger partial charge is 0.0252 e. The highest BCUT2D eigenvalue weighted by Crippen LogP contribution is 2.32. The predicted molar refractivity (Wildman–Crippen MR) is 55.8 cm³/mol. The van der Waals surface area contributed by atoms with Crippen LogP contribution in [0, 0.1) is 5.92 Å². The summed E-state index contributed by atoms with van der Waals surface area (Å²) >= 11 is 0. The third-order valence-electron chi connectivity index (χ3n) is 3.64. The minimum absolute atomic E-state index is 0.327. The third-order valence-corrected chi connectivity index (χ3v) is 3.64. The van der Waals surface area contributed by atoms with Crippen LogP contribution in [0.1, 0.15) is 33.6 Å². The van der Waals surface area contributed by atoms with Crippen LogP contribution < -0.4 is 5.32 Å². The van der Waals surface area contributed by atoms with E-state index in [9.17, 15) is 0 Å². The fourth-order valence-corrected chi connectivity index (χ4v) is 2.66. The van der Waals surface area contributed by atoms with Crippen LogP contribution in [0.4, 0.5) is 0 Å². The van der Waals surface area contributed by atoms with Crippen molar-refractivity contribution < 1.29 is 0 Å². The molecule has 2 rings (SSSR count). The summed E-state index contributed by atoms with van der Waals surface area (Å²) in [7, 11) is 0. The number of nitrogens with zero attached hydrogens (tertiary/aromatic N) is 1. The van der Waals surface area contributed by atoms with E-state index in [1.54, 1.807) is 0 Å². The van der Waals surface area contributed by atoms with Crippen molar-refractivity contribution in [3.63, 3.8) is 0 Å². The standard InChI is InChI=1S/C11H22N2/c1-9-4-5-10(9)13-7-6-12-11(2,3)8-13/h9-10,12H,4-8H2,1-3H3. The molecule has 0 spiro atoms. The molecule has 76 valence electrons. The van der Waals surface area contributed by atoms with Gasteiger partial charge in [0.25, 0.3) is 0 Å². The molecule has 1 aliphatic carbocycles. The lowest BCUT2D eigenvalue weighted by atomic mass is 9.79. The molecule has 2 aliphatic rings. The number of hydrogen-bond acceptors (Lipinski definition) is 2. The molecule has 2 heteroatoms. The lowest BCUT2D eigenvalue weighted by Gasteiger charge is -2.49. The van der Waals surface area contributed by atoms with Crippen molar-refractivity contribution in [3.05, 3.63) is 0 Å². The summed E-state index contributed by atoms with van der Waals surface area (Å²) in [4.78, 5) is 2.69. The summed E-state index contributed by atoms with van der Waals surface area (Å²) in [6.07, 6.45) is 2.87. The molecule has 2 atom stereocenters. The number of hydrogen-bond donors (Lipinski definition) is 1. The maximum absolute atomic E-state index is 3.56. The minimum atomic E-state index is 0.327. The second-order valence-corrected chi connectivity index (χ2v) is 5.40. The van der Waals surface area contributed by atoms with Gasteiger partial charge >= 0.3 is 0 Å². The fourth-order valence-electron chi connectivity index (χ4n) is 2.66. The van der Waals surface area contributed by atoms with Gasteiger partial charge in [-0.2, -0.15) is 0 Å². The van der Waals surface area contributed by atoms with Gasteiger partial charge < -0.3 is 5.32 Å². The van der Waals surface area contributed by atoms with E-state index >= 15 is 0 Å². The maximum Gasteiger partial charge on any atom is 0.0252 e. The van der Waals surface area contributed by atoms with Gasteiger partial charge in [-0.15, -0.1) is 0 Å². The zero-order valence-corrected chi connectivity index (χ0v) is 9.14. The molecule has 0 bridgehead atoms. The van der Waals surface area contributed by atoms with Gasteiger partial charge in [0.1, 0.15) is 0 Å². The molecule has 1 aliphatic heterocycles. The van der Waals surface area contributed by atoms with E-state index < -0.39 is 0 Å². The molecular weight excluding hydrogens is 160 g/mol. The van der Waals surface area contributed by atoms with E-state index in [-0.39, 0.29) is 0 Å². The van der Waals surface area contributed by atoms with Gasteiger partial charge in [0.05, 0.1) is 0 Å². The summed E-state index contributed by atoms with van der Waals surface area (Å²) in [6.45, 7) is 10.6. The van der Waals surface area contributed by atoms with Crippen LogP contribution >= 0.6 is 0 Å². The highest BCUT2D eigenvalue weighted by Gasteiger charge is 2.36. The van der Waals surface area contributed by atoms with Gasteiger partial charge in [-0.3, -0.25) is 4.90 Å². The van der Waals surface area contributed by atoms with E-state index in [0.717, 1.165) is 18.5 Å². The van der Waals surface area contributed by atoms with Crippen LogP contribution in [0.15, 0.2) is 0 Å². The van der Waals surface area contributed by atoms with Gasteiger partial charge in [-0.1, -0.05) is 6.92 Å². The molecule has 0 aromatic carbocycles. The summed E-state index contributed by atoms with van der Waals surface area (Å²) in [5.41, 5.74) is 0.327. The van der Waals surface area contributed by atoms with Crippen molar-refractivity contribution in [1.82, 2.24) is 10.2 Å². The Morgan fingerprint density at radius 1 is 1.31 bits per heavy atom. The topological polar surface area (TPSA) is 15.3 Å². The van der Waals surface area contributed by atoms with Gasteiger partial charge in [0.2, 0.25) is 0 Å². The average molecular weight is 182 g/mol. The monoisotopic (exact) mass is 182 g/mol. The Balaban J connectivity index is 1.92. The van der Waals surface area contributed by atoms with E-state index in [2.05, 4.69) is 31.0 Å². The quantitative estimate of drug-likeness (QED) is 0.660. The summed E-state index contributed by atoms with van der Waals surface area (Å²) in [5, 5.41) is 3.56. The summed E-state index contributed by atoms with van der Waals surface area (Å²) in [6, 6.07) is 0.890. The second-order valence-electron chi connectivity index (χ2n) is 5.40. The molecular formula is C11H22N2. The molecule has 0 amide bonds. The van der Waals surface area contributed by atoms with Crippen LogP contribution in [0.2, 0.25) is 0 Å². The minimum Gasteiger partial charge on any atom is -0.309 e. The lowest BCUT2D eigenvalue weighted by Crippen LogP contribution is -2.61. The Hall–Kier alpha value is -0.0800. The molecule has 2 unspecified atom stereocenters. The van der Waals surface area contributed by atoms with Crippen molar-refractivity contribution in [3.8, 4) is 0 Å². The van der Waals surface area contributed by atoms with Gasteiger partial charge in [0, 0.05) is 31.2 Å². The highest BCUT2D eigenvalue weighted by molar-refractivity contribution is 4.94. The molecule has 1 N–H and O–H groups in total. The fraction of sp³-hybridized carbons (Fsp3) is 1.00. The predicted octanol–water partition coefficient (Wildman–Crippen LogP) is 1.47. The Labute approximate surface area is 81.7 Å². The first-order valence-electron chi connectivity index (χ1n) is 5.57. The van der Waals surface area contributed by atoms with Crippen molar-refractivity contribution in [2.24, 2.45) is 5.92 Å². The molecule has 13 heavy (non-hydrogen) atoms. The Morgan fingerprint density at radius 3 is 2.54 bits per heavy atom. The van der Waals surface area contributed by atoms with E-state index in [1.165, 1.54) is 25.9 Å². The van der Waals surface area contributed by atoms with Crippen LogP contribution in [0.3, 0.4) is 0 Å². The molecule has 1 saturated carbocycles. The highest BCUT2D eigenvalue weighted by atomic mass is 15.2. The average Bonchev–Trinajstić information content (AvgIpc) is 2.00. The van der Waals surface area contributed by atoms with Crippen LogP contribution in [0.25, 0.3) is 0 Å².